The second-order valence-electron chi connectivity index (χ2n) is 11.2. The van der Waals surface area contributed by atoms with Crippen molar-refractivity contribution >= 4 is 22.7 Å². The molecule has 0 aliphatic heterocycles. The average molecular weight is 576 g/mol. The van der Waals surface area contributed by atoms with Crippen molar-refractivity contribution in [3.63, 3.8) is 0 Å². The molecule has 0 aliphatic rings. The van der Waals surface area contributed by atoms with Gasteiger partial charge in [0.2, 0.25) is 0 Å². The van der Waals surface area contributed by atoms with Gasteiger partial charge in [-0.15, -0.1) is 0 Å². The quantitative estimate of drug-likeness (QED) is 0.113. The van der Waals surface area contributed by atoms with Crippen LogP contribution in [-0.2, 0) is 17.8 Å². The molecule has 0 bridgehead atoms. The summed E-state index contributed by atoms with van der Waals surface area (Å²) in [6, 6.07) is 31.3. The third kappa shape index (κ3) is 6.97. The van der Waals surface area contributed by atoms with Gasteiger partial charge in [0.05, 0.1) is 6.61 Å². The standard InChI is InChI=1S/C37H37NO5/c1-4-9-30-24-31(35(39)28-14-12-27(13-15-28)26-10-6-5-7-11-26)16-19-34(30)42-23-8-21-38-22-20-29-25-32(17-18-33(29)38)43-37(2,3)36(40)41/h5-7,10-20,22,24-25H,4,8-9,21,23H2,1-3H3,(H,40,41). The van der Waals surface area contributed by atoms with Crippen LogP contribution in [0.3, 0.4) is 0 Å². The summed E-state index contributed by atoms with van der Waals surface area (Å²) in [6.07, 6.45) is 4.60. The highest BCUT2D eigenvalue weighted by Crippen LogP contribution is 2.27. The van der Waals surface area contributed by atoms with Crippen LogP contribution in [0.25, 0.3) is 22.0 Å². The summed E-state index contributed by atoms with van der Waals surface area (Å²) in [6.45, 7) is 6.50. The summed E-state index contributed by atoms with van der Waals surface area (Å²) in [5, 5.41) is 10.3. The molecule has 0 saturated heterocycles. The van der Waals surface area contributed by atoms with Crippen molar-refractivity contribution < 1.29 is 24.2 Å². The van der Waals surface area contributed by atoms with Gasteiger partial charge in [-0.05, 0) is 85.8 Å². The molecule has 0 fully saturated rings. The van der Waals surface area contributed by atoms with E-state index in [-0.39, 0.29) is 5.78 Å². The molecule has 1 heterocycles. The van der Waals surface area contributed by atoms with Crippen LogP contribution in [0.1, 0.15) is 55.1 Å². The van der Waals surface area contributed by atoms with Gasteiger partial charge in [-0.3, -0.25) is 4.79 Å². The lowest BCUT2D eigenvalue weighted by atomic mass is 9.97. The number of fused-ring (bicyclic) bond motifs is 1. The molecule has 220 valence electrons. The number of carbonyl (C=O) groups is 2. The number of aryl methyl sites for hydroxylation is 2. The molecule has 0 unspecified atom stereocenters. The number of benzene rings is 4. The van der Waals surface area contributed by atoms with Gasteiger partial charge in [0.15, 0.2) is 11.4 Å². The summed E-state index contributed by atoms with van der Waals surface area (Å²) < 4.78 is 14.0. The molecule has 5 rings (SSSR count). The van der Waals surface area contributed by atoms with Crippen LogP contribution in [0.5, 0.6) is 11.5 Å². The second kappa shape index (κ2) is 13.0. The van der Waals surface area contributed by atoms with Gasteiger partial charge in [-0.2, -0.15) is 0 Å². The maximum absolute atomic E-state index is 13.3. The van der Waals surface area contributed by atoms with E-state index in [1.54, 1.807) is 6.07 Å². The summed E-state index contributed by atoms with van der Waals surface area (Å²) >= 11 is 0. The minimum Gasteiger partial charge on any atom is -0.493 e. The zero-order chi connectivity index (χ0) is 30.4. The summed E-state index contributed by atoms with van der Waals surface area (Å²) in [4.78, 5) is 24.7. The largest absolute Gasteiger partial charge is 0.493 e. The van der Waals surface area contributed by atoms with Crippen molar-refractivity contribution in [3.05, 3.63) is 120 Å². The summed E-state index contributed by atoms with van der Waals surface area (Å²) in [5.41, 5.74) is 4.32. The first kappa shape index (κ1) is 29.6. The van der Waals surface area contributed by atoms with Gasteiger partial charge >= 0.3 is 5.97 Å². The molecule has 0 saturated carbocycles. The molecule has 43 heavy (non-hydrogen) atoms. The Bertz CT molecular complexity index is 1720. The van der Waals surface area contributed by atoms with Gasteiger partial charge in [0, 0.05) is 34.8 Å². The number of ether oxygens (including phenoxy) is 2. The van der Waals surface area contributed by atoms with Crippen molar-refractivity contribution in [2.75, 3.05) is 6.61 Å². The Kier molecular flexibility index (Phi) is 8.96. The van der Waals surface area contributed by atoms with Crippen LogP contribution in [-0.4, -0.2) is 33.6 Å². The molecule has 4 aromatic carbocycles. The van der Waals surface area contributed by atoms with Crippen molar-refractivity contribution in [1.29, 1.82) is 0 Å². The SMILES string of the molecule is CCCc1cc(C(=O)c2ccc(-c3ccccc3)cc2)ccc1OCCCn1ccc2cc(OC(C)(C)C(=O)O)ccc21. The first-order chi connectivity index (χ1) is 20.7. The number of hydrogen-bond donors (Lipinski definition) is 1. The van der Waals surface area contributed by atoms with Crippen LogP contribution in [0, 0.1) is 0 Å². The lowest BCUT2D eigenvalue weighted by Gasteiger charge is -2.21. The first-order valence-corrected chi connectivity index (χ1v) is 14.7. The number of carbonyl (C=O) groups excluding carboxylic acids is 1. The molecule has 0 atom stereocenters. The number of nitrogens with zero attached hydrogens (tertiary/aromatic N) is 1. The zero-order valence-corrected chi connectivity index (χ0v) is 24.9. The molecular weight excluding hydrogens is 538 g/mol. The highest BCUT2D eigenvalue weighted by atomic mass is 16.5. The van der Waals surface area contributed by atoms with Crippen LogP contribution in [0.4, 0.5) is 0 Å². The third-order valence-corrected chi connectivity index (χ3v) is 7.53. The van der Waals surface area contributed by atoms with Crippen LogP contribution < -0.4 is 9.47 Å². The molecule has 0 radical (unpaired) electrons. The Morgan fingerprint density at radius 2 is 1.56 bits per heavy atom. The number of rotatable bonds is 13. The molecule has 0 amide bonds. The monoisotopic (exact) mass is 575 g/mol. The van der Waals surface area contributed by atoms with E-state index in [2.05, 4.69) is 23.6 Å². The number of aliphatic carboxylic acids is 1. The number of ketones is 1. The maximum Gasteiger partial charge on any atom is 0.347 e. The molecule has 0 aliphatic carbocycles. The predicted octanol–water partition coefficient (Wildman–Crippen LogP) is 8.20. The predicted molar refractivity (Wildman–Crippen MR) is 170 cm³/mol. The fourth-order valence-corrected chi connectivity index (χ4v) is 5.13. The van der Waals surface area contributed by atoms with Gasteiger partial charge < -0.3 is 19.1 Å². The van der Waals surface area contributed by atoms with Crippen LogP contribution >= 0.6 is 0 Å². The van der Waals surface area contributed by atoms with E-state index >= 15 is 0 Å². The molecular formula is C37H37NO5. The van der Waals surface area contributed by atoms with Crippen molar-refractivity contribution in [1.82, 2.24) is 4.57 Å². The van der Waals surface area contributed by atoms with Crippen LogP contribution in [0.15, 0.2) is 103 Å². The van der Waals surface area contributed by atoms with E-state index in [0.717, 1.165) is 59.2 Å². The fourth-order valence-electron chi connectivity index (χ4n) is 5.13. The maximum atomic E-state index is 13.3. The number of carboxylic acid groups (broad SMARTS) is 1. The van der Waals surface area contributed by atoms with Crippen molar-refractivity contribution in [2.45, 2.75) is 52.2 Å². The minimum atomic E-state index is -1.30. The lowest BCUT2D eigenvalue weighted by Crippen LogP contribution is -2.37. The molecule has 5 aromatic rings. The van der Waals surface area contributed by atoms with E-state index in [9.17, 15) is 14.7 Å². The third-order valence-electron chi connectivity index (χ3n) is 7.53. The topological polar surface area (TPSA) is 77.8 Å². The van der Waals surface area contributed by atoms with E-state index < -0.39 is 11.6 Å². The van der Waals surface area contributed by atoms with Crippen molar-refractivity contribution in [3.8, 4) is 22.6 Å². The highest BCUT2D eigenvalue weighted by molar-refractivity contribution is 6.09. The first-order valence-electron chi connectivity index (χ1n) is 14.7. The molecule has 0 spiro atoms. The van der Waals surface area contributed by atoms with Crippen LogP contribution in [0.2, 0.25) is 0 Å². The Morgan fingerprint density at radius 1 is 0.837 bits per heavy atom. The molecule has 1 aromatic heterocycles. The van der Waals surface area contributed by atoms with E-state index in [1.165, 1.54) is 13.8 Å². The molecule has 1 N–H and O–H groups in total. The average Bonchev–Trinajstić information content (AvgIpc) is 3.42. The number of hydrogen-bond acceptors (Lipinski definition) is 4. The number of carboxylic acids is 1. The Balaban J connectivity index is 1.20. The fraction of sp³-hybridized carbons (Fsp3) is 0.243. The van der Waals surface area contributed by atoms with Gasteiger partial charge in [-0.25, -0.2) is 4.79 Å². The smallest absolute Gasteiger partial charge is 0.347 e. The second-order valence-corrected chi connectivity index (χ2v) is 11.2. The minimum absolute atomic E-state index is 0.00285. The van der Waals surface area contributed by atoms with Gasteiger partial charge in [-0.1, -0.05) is 67.9 Å². The highest BCUT2D eigenvalue weighted by Gasteiger charge is 2.29. The lowest BCUT2D eigenvalue weighted by molar-refractivity contribution is -0.152. The summed E-state index contributed by atoms with van der Waals surface area (Å²) in [7, 11) is 0. The van der Waals surface area contributed by atoms with Gasteiger partial charge in [0.25, 0.3) is 0 Å². The van der Waals surface area contributed by atoms with Gasteiger partial charge in [0.1, 0.15) is 11.5 Å². The van der Waals surface area contributed by atoms with E-state index in [1.807, 2.05) is 85.1 Å². The number of aromatic nitrogens is 1. The Labute approximate surface area is 252 Å². The normalized spacial score (nSPS) is 11.4. The molecule has 6 heteroatoms. The van der Waals surface area contributed by atoms with E-state index in [0.29, 0.717) is 23.5 Å². The molecule has 6 nitrogen and oxygen atoms in total. The Morgan fingerprint density at radius 3 is 2.28 bits per heavy atom. The van der Waals surface area contributed by atoms with E-state index in [4.69, 9.17) is 9.47 Å². The Hall–Kier alpha value is -4.84. The zero-order valence-electron chi connectivity index (χ0n) is 24.9. The van der Waals surface area contributed by atoms with Crippen molar-refractivity contribution in [2.24, 2.45) is 0 Å². The summed E-state index contributed by atoms with van der Waals surface area (Å²) in [5.74, 6) is 0.332.